The molecule has 0 unspecified atom stereocenters. The van der Waals surface area contributed by atoms with Crippen LogP contribution in [-0.4, -0.2) is 24.2 Å². The molecule has 0 radical (unpaired) electrons. The van der Waals surface area contributed by atoms with E-state index in [1.165, 1.54) is 11.1 Å². The fraction of sp³-hybridized carbons (Fsp3) is 0.259. The summed E-state index contributed by atoms with van der Waals surface area (Å²) < 4.78 is 6.31. The Balaban J connectivity index is 1.33. The molecule has 2 aliphatic heterocycles. The zero-order chi connectivity index (χ0) is 23.0. The highest BCUT2D eigenvalue weighted by molar-refractivity contribution is 5.99. The smallest absolute Gasteiger partial charge is 0.325 e. The molecular weight excluding hydrogens is 414 g/mol. The minimum Gasteiger partial charge on any atom is -0.467 e. The Morgan fingerprint density at radius 3 is 2.73 bits per heavy atom. The van der Waals surface area contributed by atoms with Crippen molar-refractivity contribution in [2.75, 3.05) is 11.4 Å². The molecule has 0 aliphatic carbocycles. The van der Waals surface area contributed by atoms with Gasteiger partial charge in [0, 0.05) is 24.1 Å². The summed E-state index contributed by atoms with van der Waals surface area (Å²) in [5.41, 5.74) is 3.67. The number of aryl methyl sites for hydroxylation is 1. The van der Waals surface area contributed by atoms with Crippen LogP contribution >= 0.6 is 0 Å². The lowest BCUT2D eigenvalue weighted by atomic mass is 9.90. The quantitative estimate of drug-likeness (QED) is 0.601. The number of anilines is 1. The zero-order valence-electron chi connectivity index (χ0n) is 18.8. The largest absolute Gasteiger partial charge is 0.467 e. The molecule has 2 bridgehead atoms. The number of nitrogens with zero attached hydrogens (tertiary/aromatic N) is 1. The first-order valence-electron chi connectivity index (χ1n) is 11.3. The summed E-state index contributed by atoms with van der Waals surface area (Å²) in [7, 11) is 0. The van der Waals surface area contributed by atoms with E-state index in [1.807, 2.05) is 37.3 Å². The third kappa shape index (κ3) is 4.04. The van der Waals surface area contributed by atoms with Gasteiger partial charge in [-0.15, -0.1) is 0 Å². The number of urea groups is 1. The lowest BCUT2D eigenvalue weighted by Crippen LogP contribution is -2.65. The molecule has 6 nitrogen and oxygen atoms in total. The topological polar surface area (TPSA) is 70.7 Å². The van der Waals surface area contributed by atoms with Crippen LogP contribution in [0, 0.1) is 6.92 Å². The number of rotatable bonds is 5. The number of hydrogen-bond acceptors (Lipinski definition) is 3. The first kappa shape index (κ1) is 21.1. The lowest BCUT2D eigenvalue weighted by molar-refractivity contribution is 0.0378. The van der Waals surface area contributed by atoms with Gasteiger partial charge in [0.1, 0.15) is 5.75 Å². The van der Waals surface area contributed by atoms with E-state index in [0.717, 1.165) is 17.7 Å². The fourth-order valence-electron chi connectivity index (χ4n) is 4.68. The van der Waals surface area contributed by atoms with E-state index in [4.69, 9.17) is 4.74 Å². The molecule has 6 heteroatoms. The number of para-hydroxylation sites is 1. The minimum atomic E-state index is -0.845. The van der Waals surface area contributed by atoms with Crippen molar-refractivity contribution < 1.29 is 14.3 Å². The van der Waals surface area contributed by atoms with Crippen molar-refractivity contribution in [2.24, 2.45) is 0 Å². The summed E-state index contributed by atoms with van der Waals surface area (Å²) in [6.45, 7) is 4.51. The van der Waals surface area contributed by atoms with Crippen molar-refractivity contribution in [3.63, 3.8) is 0 Å². The van der Waals surface area contributed by atoms with E-state index < -0.39 is 5.72 Å². The normalized spacial score (nSPS) is 21.0. The summed E-state index contributed by atoms with van der Waals surface area (Å²) >= 11 is 0. The van der Waals surface area contributed by atoms with Gasteiger partial charge in [0.25, 0.3) is 5.91 Å². The number of nitrogens with one attached hydrogen (secondary N) is 2. The molecule has 0 aromatic heterocycles. The molecule has 168 valence electrons. The van der Waals surface area contributed by atoms with Gasteiger partial charge < -0.3 is 15.4 Å². The van der Waals surface area contributed by atoms with Gasteiger partial charge in [-0.2, -0.15) is 0 Å². The number of ether oxygens (including phenoxy) is 1. The maximum absolute atomic E-state index is 13.1. The Bertz CT molecular complexity index is 1210. The molecule has 1 fully saturated rings. The summed E-state index contributed by atoms with van der Waals surface area (Å²) in [6, 6.07) is 22.9. The van der Waals surface area contributed by atoms with Crippen LogP contribution in [0.2, 0.25) is 0 Å². The highest BCUT2D eigenvalue weighted by Crippen LogP contribution is 2.45. The number of fused-ring (bicyclic) bond motifs is 4. The van der Waals surface area contributed by atoms with Gasteiger partial charge in [-0.05, 0) is 50.1 Å². The van der Waals surface area contributed by atoms with E-state index in [1.54, 1.807) is 23.1 Å². The second-order valence-electron chi connectivity index (χ2n) is 8.90. The van der Waals surface area contributed by atoms with E-state index in [9.17, 15) is 9.59 Å². The van der Waals surface area contributed by atoms with E-state index in [0.29, 0.717) is 24.2 Å². The third-order valence-corrected chi connectivity index (χ3v) is 6.37. The molecule has 0 spiro atoms. The van der Waals surface area contributed by atoms with Crippen molar-refractivity contribution in [1.82, 2.24) is 10.6 Å². The summed E-state index contributed by atoms with van der Waals surface area (Å²) in [5.74, 6) is 0.602. The minimum absolute atomic E-state index is 0.100. The Hall–Kier alpha value is -3.80. The number of carbonyl (C=O) groups excluding carboxylic acids is 2. The van der Waals surface area contributed by atoms with Crippen LogP contribution in [0.4, 0.5) is 10.5 Å². The molecule has 3 aromatic carbocycles. The number of benzene rings is 3. The molecule has 2 N–H and O–H groups in total. The monoisotopic (exact) mass is 441 g/mol. The first-order chi connectivity index (χ1) is 15.9. The Morgan fingerprint density at radius 1 is 1.12 bits per heavy atom. The Labute approximate surface area is 193 Å². The first-order valence-corrected chi connectivity index (χ1v) is 11.3. The van der Waals surface area contributed by atoms with Crippen molar-refractivity contribution in [3.8, 4) is 5.75 Å². The second-order valence-corrected chi connectivity index (χ2v) is 8.90. The third-order valence-electron chi connectivity index (χ3n) is 6.37. The molecule has 0 saturated carbocycles. The second kappa shape index (κ2) is 8.28. The lowest BCUT2D eigenvalue weighted by Gasteiger charge is -2.50. The number of amides is 3. The standard InChI is InChI=1S/C27H27N3O3/c1-18-10-12-19(13-11-18)14-15-28-25(31)20-6-5-7-21(16-20)30-26(32)29-23-17-27(30,2)33-24-9-4-3-8-22(23)24/h3-13,16,23H,14-15,17H2,1-2H3,(H,28,31)(H,29,32)/t23-,27+/m0/s1. The van der Waals surface area contributed by atoms with Crippen LogP contribution in [0.5, 0.6) is 5.75 Å². The fourth-order valence-corrected chi connectivity index (χ4v) is 4.68. The van der Waals surface area contributed by atoms with Gasteiger partial charge in [-0.25, -0.2) is 4.79 Å². The van der Waals surface area contributed by atoms with Gasteiger partial charge in [0.2, 0.25) is 0 Å². The SMILES string of the molecule is Cc1ccc(CCNC(=O)c2cccc(N3C(=O)N[C@H]4C[C@@]3(C)Oc3ccccc34)c2)cc1. The van der Waals surface area contributed by atoms with Gasteiger partial charge in [0.15, 0.2) is 5.72 Å². The van der Waals surface area contributed by atoms with Crippen LogP contribution in [0.1, 0.15) is 46.4 Å². The molecule has 3 amide bonds. The highest BCUT2D eigenvalue weighted by atomic mass is 16.5. The van der Waals surface area contributed by atoms with Gasteiger partial charge in [-0.3, -0.25) is 9.69 Å². The van der Waals surface area contributed by atoms with Crippen LogP contribution in [0.25, 0.3) is 0 Å². The van der Waals surface area contributed by atoms with E-state index in [2.05, 4.69) is 41.8 Å². The van der Waals surface area contributed by atoms with Crippen LogP contribution in [0.15, 0.2) is 72.8 Å². The molecule has 5 rings (SSSR count). The van der Waals surface area contributed by atoms with Gasteiger partial charge >= 0.3 is 6.03 Å². The van der Waals surface area contributed by atoms with Crippen molar-refractivity contribution in [3.05, 3.63) is 95.1 Å². The van der Waals surface area contributed by atoms with Crippen LogP contribution in [0.3, 0.4) is 0 Å². The van der Waals surface area contributed by atoms with Gasteiger partial charge in [-0.1, -0.05) is 54.1 Å². The summed E-state index contributed by atoms with van der Waals surface area (Å²) in [5, 5.41) is 6.07. The molecule has 2 atom stereocenters. The maximum Gasteiger partial charge on any atom is 0.325 e. The van der Waals surface area contributed by atoms with Crippen molar-refractivity contribution in [2.45, 2.75) is 38.5 Å². The van der Waals surface area contributed by atoms with Crippen molar-refractivity contribution >= 4 is 17.6 Å². The van der Waals surface area contributed by atoms with E-state index >= 15 is 0 Å². The van der Waals surface area contributed by atoms with Gasteiger partial charge in [0.05, 0.1) is 11.7 Å². The van der Waals surface area contributed by atoms with Crippen molar-refractivity contribution in [1.29, 1.82) is 0 Å². The average molecular weight is 442 g/mol. The maximum atomic E-state index is 13.1. The predicted octanol–water partition coefficient (Wildman–Crippen LogP) is 4.74. The molecule has 1 saturated heterocycles. The summed E-state index contributed by atoms with van der Waals surface area (Å²) in [4.78, 5) is 27.5. The zero-order valence-corrected chi connectivity index (χ0v) is 18.8. The molecular formula is C27H27N3O3. The molecule has 2 aliphatic rings. The molecule has 2 heterocycles. The number of carbonyl (C=O) groups is 2. The Kier molecular flexibility index (Phi) is 5.29. The predicted molar refractivity (Wildman–Crippen MR) is 128 cm³/mol. The van der Waals surface area contributed by atoms with Crippen LogP contribution in [-0.2, 0) is 6.42 Å². The van der Waals surface area contributed by atoms with E-state index in [-0.39, 0.29) is 18.0 Å². The molecule has 3 aromatic rings. The highest BCUT2D eigenvalue weighted by Gasteiger charge is 2.49. The average Bonchev–Trinajstić information content (AvgIpc) is 2.80. The molecule has 33 heavy (non-hydrogen) atoms. The van der Waals surface area contributed by atoms with Crippen LogP contribution < -0.4 is 20.3 Å². The summed E-state index contributed by atoms with van der Waals surface area (Å²) in [6.07, 6.45) is 1.37. The Morgan fingerprint density at radius 2 is 1.91 bits per heavy atom. The number of hydrogen-bond donors (Lipinski definition) is 2.